The lowest BCUT2D eigenvalue weighted by Gasteiger charge is -2.44. The van der Waals surface area contributed by atoms with Gasteiger partial charge in [-0.1, -0.05) is 101 Å². The molecule has 3 N–H and O–H groups in total. The predicted octanol–water partition coefficient (Wildman–Crippen LogP) is 4.77. The largest absolute Gasteiger partial charge is 0.493 e. The maximum absolute atomic E-state index is 14.2. The zero-order valence-electron chi connectivity index (χ0n) is 36.3. The first-order chi connectivity index (χ1) is 28.6. The van der Waals surface area contributed by atoms with Crippen LogP contribution in [0.15, 0.2) is 91.0 Å². The van der Waals surface area contributed by atoms with Gasteiger partial charge in [0.05, 0.1) is 14.2 Å². The smallest absolute Gasteiger partial charge is 0.262 e. The Morgan fingerprint density at radius 3 is 2.12 bits per heavy atom. The number of amides is 4. The van der Waals surface area contributed by atoms with Crippen LogP contribution < -0.4 is 35.8 Å². The highest BCUT2D eigenvalue weighted by molar-refractivity contribution is 6.99. The summed E-state index contributed by atoms with van der Waals surface area (Å²) < 4.78 is 17.8. The molecule has 0 aliphatic carbocycles. The molecule has 0 bridgehead atoms. The standard InChI is InChI=1S/C47H62N4O8Si/c1-9-47(6)45(56)49-37(30-33-27-28-40(57-7)41(31-33)58-8)44(55)51-29-19-25-38(51)43(54)48-36(42(53)50-47)24-17-12-18-26-39(52)32(2)59-60(46(3,4)5,34-20-13-10-14-21-34)35-22-15-11-16-23-35/h10-11,13-16,18,20-23,26-28,31-32,36-38H,9,12,17,19,24-25,29-30H2,1-8H3,(H,48,54)(H,49,56)(H,50,53)/b26-18+/t32-,36+,37+,38-,47+/m1/s1. The number of nitrogens with one attached hydrogen (secondary N) is 3. The number of unbranched alkanes of at least 4 members (excludes halogenated alkanes) is 1. The van der Waals surface area contributed by atoms with Gasteiger partial charge < -0.3 is 34.8 Å². The summed E-state index contributed by atoms with van der Waals surface area (Å²) in [5, 5.41) is 10.6. The number of ketones is 1. The molecule has 60 heavy (non-hydrogen) atoms. The minimum atomic E-state index is -2.95. The van der Waals surface area contributed by atoms with Crippen molar-refractivity contribution in [2.45, 2.75) is 121 Å². The van der Waals surface area contributed by atoms with Crippen molar-refractivity contribution in [3.63, 3.8) is 0 Å². The third kappa shape index (κ3) is 10.2. The van der Waals surface area contributed by atoms with Crippen LogP contribution >= 0.6 is 0 Å². The minimum Gasteiger partial charge on any atom is -0.493 e. The van der Waals surface area contributed by atoms with Crippen LogP contribution in [0.4, 0.5) is 0 Å². The highest BCUT2D eigenvalue weighted by Gasteiger charge is 2.51. The van der Waals surface area contributed by atoms with Gasteiger partial charge in [0.2, 0.25) is 23.6 Å². The molecule has 2 saturated heterocycles. The Kier molecular flexibility index (Phi) is 15.2. The molecular formula is C47H62N4O8Si. The zero-order valence-corrected chi connectivity index (χ0v) is 37.3. The van der Waals surface area contributed by atoms with Crippen LogP contribution in [0.2, 0.25) is 5.04 Å². The Labute approximate surface area is 355 Å². The summed E-state index contributed by atoms with van der Waals surface area (Å²) in [6, 6.07) is 22.8. The van der Waals surface area contributed by atoms with Crippen LogP contribution in [0.3, 0.4) is 0 Å². The second-order valence-corrected chi connectivity index (χ2v) is 21.3. The van der Waals surface area contributed by atoms with Crippen molar-refractivity contribution in [3.05, 3.63) is 96.6 Å². The molecule has 0 aromatic heterocycles. The van der Waals surface area contributed by atoms with Gasteiger partial charge >= 0.3 is 0 Å². The van der Waals surface area contributed by atoms with Gasteiger partial charge in [0.15, 0.2) is 17.3 Å². The first-order valence-electron chi connectivity index (χ1n) is 21.0. The summed E-state index contributed by atoms with van der Waals surface area (Å²) >= 11 is 0. The lowest BCUT2D eigenvalue weighted by atomic mass is 9.94. The molecule has 0 radical (unpaired) electrons. The summed E-state index contributed by atoms with van der Waals surface area (Å²) in [4.78, 5) is 71.3. The molecule has 2 aliphatic heterocycles. The Bertz CT molecular complexity index is 1980. The molecule has 4 amide bonds. The number of carbonyl (C=O) groups is 5. The van der Waals surface area contributed by atoms with Crippen LogP contribution in [-0.2, 0) is 34.8 Å². The van der Waals surface area contributed by atoms with E-state index in [-0.39, 0.29) is 36.0 Å². The molecule has 0 spiro atoms. The van der Waals surface area contributed by atoms with Crippen LogP contribution in [0.1, 0.15) is 85.6 Å². The average molecular weight is 839 g/mol. The van der Waals surface area contributed by atoms with E-state index in [9.17, 15) is 24.0 Å². The Morgan fingerprint density at radius 1 is 0.900 bits per heavy atom. The Morgan fingerprint density at radius 2 is 1.53 bits per heavy atom. The number of nitrogens with zero attached hydrogens (tertiary/aromatic N) is 1. The summed E-state index contributed by atoms with van der Waals surface area (Å²) in [5.74, 6) is -0.957. The molecule has 0 saturated carbocycles. The van der Waals surface area contributed by atoms with Gasteiger partial charge in [0.25, 0.3) is 8.32 Å². The number of fused-ring (bicyclic) bond motifs is 1. The molecule has 3 aromatic rings. The van der Waals surface area contributed by atoms with Crippen molar-refractivity contribution < 1.29 is 37.9 Å². The fourth-order valence-electron chi connectivity index (χ4n) is 8.25. The van der Waals surface area contributed by atoms with Gasteiger partial charge in [-0.2, -0.15) is 0 Å². The third-order valence-corrected chi connectivity index (χ3v) is 17.0. The third-order valence-electron chi connectivity index (χ3n) is 11.9. The minimum absolute atomic E-state index is 0.131. The molecule has 2 aliphatic rings. The average Bonchev–Trinajstić information content (AvgIpc) is 3.74. The maximum Gasteiger partial charge on any atom is 0.262 e. The van der Waals surface area contributed by atoms with Gasteiger partial charge in [0, 0.05) is 13.0 Å². The number of benzene rings is 3. The van der Waals surface area contributed by atoms with E-state index in [0.29, 0.717) is 43.7 Å². The first-order valence-corrected chi connectivity index (χ1v) is 22.9. The van der Waals surface area contributed by atoms with Crippen molar-refractivity contribution in [2.24, 2.45) is 0 Å². The normalized spacial score (nSPS) is 22.2. The second-order valence-electron chi connectivity index (χ2n) is 17.0. The van der Waals surface area contributed by atoms with Gasteiger partial charge in [-0.15, -0.1) is 0 Å². The fraction of sp³-hybridized carbons (Fsp3) is 0.468. The fourth-order valence-corrected chi connectivity index (χ4v) is 12.9. The van der Waals surface area contributed by atoms with E-state index >= 15 is 0 Å². The summed E-state index contributed by atoms with van der Waals surface area (Å²) in [7, 11) is 0.102. The van der Waals surface area contributed by atoms with E-state index in [1.807, 2.05) is 36.4 Å². The second kappa shape index (κ2) is 19.9. The molecule has 12 nitrogen and oxygen atoms in total. The van der Waals surface area contributed by atoms with E-state index < -0.39 is 55.8 Å². The molecule has 2 fully saturated rings. The quantitative estimate of drug-likeness (QED) is 0.113. The number of hydrogen-bond acceptors (Lipinski definition) is 8. The number of carbonyl (C=O) groups excluding carboxylic acids is 5. The highest BCUT2D eigenvalue weighted by Crippen LogP contribution is 2.37. The molecule has 13 heteroatoms. The lowest BCUT2D eigenvalue weighted by molar-refractivity contribution is -0.144. The SMILES string of the molecule is CC[C@]1(C)NC(=O)[C@H](CCC/C=C/C(=O)[C@@H](C)O[Si](c2ccccc2)(c2ccccc2)C(C)(C)C)NC(=O)[C@H]2CCCN2C(=O)[C@H](Cc2ccc(OC)c(OC)c2)NC1=O. The molecular weight excluding hydrogens is 777 g/mol. The van der Waals surface area contributed by atoms with E-state index in [1.165, 1.54) is 19.1 Å². The number of rotatable bonds is 15. The Hall–Kier alpha value is -5.27. The molecule has 3 aromatic carbocycles. The number of hydrogen-bond donors (Lipinski definition) is 3. The number of ether oxygens (including phenoxy) is 2. The van der Waals surface area contributed by atoms with Crippen LogP contribution in [0.25, 0.3) is 0 Å². The van der Waals surface area contributed by atoms with E-state index in [1.54, 1.807) is 51.1 Å². The van der Waals surface area contributed by atoms with Gasteiger partial charge in [-0.3, -0.25) is 24.0 Å². The summed E-state index contributed by atoms with van der Waals surface area (Å²) in [6.45, 7) is 12.0. The first kappa shape index (κ1) is 45.8. The predicted molar refractivity (Wildman–Crippen MR) is 235 cm³/mol. The van der Waals surface area contributed by atoms with Crippen molar-refractivity contribution in [1.82, 2.24) is 20.9 Å². The molecule has 322 valence electrons. The summed E-state index contributed by atoms with van der Waals surface area (Å²) in [5.41, 5.74) is -0.661. The van der Waals surface area contributed by atoms with Gasteiger partial charge in [0.1, 0.15) is 29.8 Å². The summed E-state index contributed by atoms with van der Waals surface area (Å²) in [6.07, 6.45) is 5.14. The zero-order chi connectivity index (χ0) is 43.7. The van der Waals surface area contributed by atoms with Crippen molar-refractivity contribution in [1.29, 1.82) is 0 Å². The van der Waals surface area contributed by atoms with Crippen LogP contribution in [-0.4, -0.2) is 93.2 Å². The number of allylic oxidation sites excluding steroid dienone is 1. The van der Waals surface area contributed by atoms with Crippen LogP contribution in [0.5, 0.6) is 11.5 Å². The van der Waals surface area contributed by atoms with E-state index in [2.05, 4.69) is 61.0 Å². The van der Waals surface area contributed by atoms with Crippen molar-refractivity contribution in [3.8, 4) is 11.5 Å². The maximum atomic E-state index is 14.2. The van der Waals surface area contributed by atoms with Gasteiger partial charge in [-0.25, -0.2) is 0 Å². The lowest BCUT2D eigenvalue weighted by Crippen LogP contribution is -2.68. The monoisotopic (exact) mass is 838 g/mol. The molecule has 5 atom stereocenters. The topological polar surface area (TPSA) is 152 Å². The molecule has 5 rings (SSSR count). The molecule has 2 heterocycles. The van der Waals surface area contributed by atoms with Gasteiger partial charge in [-0.05, 0) is 91.6 Å². The van der Waals surface area contributed by atoms with Crippen LogP contribution in [0, 0.1) is 0 Å². The van der Waals surface area contributed by atoms with Crippen molar-refractivity contribution >= 4 is 48.1 Å². The van der Waals surface area contributed by atoms with E-state index in [0.717, 1.165) is 15.9 Å². The number of methoxy groups -OCH3 is 2. The highest BCUT2D eigenvalue weighted by atomic mass is 28.4. The van der Waals surface area contributed by atoms with E-state index in [4.69, 9.17) is 13.9 Å². The molecule has 0 unspecified atom stereocenters. The van der Waals surface area contributed by atoms with Crippen molar-refractivity contribution in [2.75, 3.05) is 20.8 Å². The Balaban J connectivity index is 1.29.